The molecule has 0 spiro atoms. The van der Waals surface area contributed by atoms with Crippen LogP contribution in [0.15, 0.2) is 30.3 Å². The van der Waals surface area contributed by atoms with Crippen molar-refractivity contribution in [3.63, 3.8) is 0 Å². The highest BCUT2D eigenvalue weighted by Gasteiger charge is 2.25. The minimum absolute atomic E-state index is 0.400. The van der Waals surface area contributed by atoms with Gasteiger partial charge in [0.05, 0.1) is 10.6 Å². The number of nitrogen functional groups attached to an aromatic ring is 1. The van der Waals surface area contributed by atoms with Gasteiger partial charge < -0.3 is 11.5 Å². The summed E-state index contributed by atoms with van der Waals surface area (Å²) in [5.41, 5.74) is 14.3. The van der Waals surface area contributed by atoms with E-state index in [2.05, 4.69) is 29.2 Å². The van der Waals surface area contributed by atoms with Crippen molar-refractivity contribution in [1.82, 2.24) is 4.90 Å². The molecule has 4 nitrogen and oxygen atoms in total. The Morgan fingerprint density at radius 1 is 1.29 bits per heavy atom. The average molecular weight is 301 g/mol. The summed E-state index contributed by atoms with van der Waals surface area (Å²) in [6.07, 6.45) is 1.90. The maximum Gasteiger partial charge on any atom is 0.251 e. The molecule has 0 aliphatic carbocycles. The molecule has 0 radical (unpaired) electrons. The number of carbonyl (C=O) groups excluding carboxylic acids is 1. The van der Waals surface area contributed by atoms with Crippen molar-refractivity contribution in [2.24, 2.45) is 5.73 Å². The van der Waals surface area contributed by atoms with Gasteiger partial charge in [0.25, 0.3) is 5.91 Å². The molecular weight excluding hydrogens is 282 g/mol. The van der Waals surface area contributed by atoms with Crippen LogP contribution in [0.25, 0.3) is 0 Å². The number of hydrogen-bond acceptors (Lipinski definition) is 4. The third-order valence-corrected chi connectivity index (χ3v) is 5.02. The Morgan fingerprint density at radius 3 is 2.76 bits per heavy atom. The molecule has 0 bridgehead atoms. The van der Waals surface area contributed by atoms with Crippen LogP contribution in [0, 0.1) is 0 Å². The molecule has 5 heteroatoms. The van der Waals surface area contributed by atoms with Crippen LogP contribution in [0.3, 0.4) is 0 Å². The Bertz CT molecular complexity index is 651. The third kappa shape index (κ3) is 2.94. The van der Waals surface area contributed by atoms with Crippen molar-refractivity contribution in [1.29, 1.82) is 0 Å². The van der Waals surface area contributed by atoms with Gasteiger partial charge in [-0.05, 0) is 24.0 Å². The zero-order valence-electron chi connectivity index (χ0n) is 11.8. The fourth-order valence-corrected chi connectivity index (χ4v) is 4.04. The minimum Gasteiger partial charge on any atom is -0.390 e. The first-order chi connectivity index (χ1) is 10.1. The number of thiophene rings is 1. The molecule has 110 valence electrons. The molecule has 1 aliphatic heterocycles. The summed E-state index contributed by atoms with van der Waals surface area (Å²) in [6.45, 7) is 2.84. The second kappa shape index (κ2) is 5.87. The van der Waals surface area contributed by atoms with Crippen LogP contribution >= 0.6 is 11.3 Å². The Kier molecular flexibility index (Phi) is 3.94. The molecule has 0 unspecified atom stereocenters. The predicted molar refractivity (Wildman–Crippen MR) is 86.4 cm³/mol. The van der Waals surface area contributed by atoms with E-state index in [9.17, 15) is 4.79 Å². The Morgan fingerprint density at radius 2 is 2.05 bits per heavy atom. The number of benzene rings is 1. The maximum absolute atomic E-state index is 11.5. The largest absolute Gasteiger partial charge is 0.390 e. The smallest absolute Gasteiger partial charge is 0.251 e. The second-order valence-electron chi connectivity index (χ2n) is 5.37. The number of anilines is 1. The standard InChI is InChI=1S/C16H19N3OS/c17-15(20)14-12-7-9-19(10-13(12)21-16(14)18)8-6-11-4-2-1-3-5-11/h1-5H,6-10,18H2,(H2,17,20). The molecule has 1 aromatic carbocycles. The van der Waals surface area contributed by atoms with Crippen LogP contribution < -0.4 is 11.5 Å². The van der Waals surface area contributed by atoms with Crippen molar-refractivity contribution in [3.8, 4) is 0 Å². The monoisotopic (exact) mass is 301 g/mol. The SMILES string of the molecule is NC(=O)c1c(N)sc2c1CCN(CCc1ccccc1)C2. The summed E-state index contributed by atoms with van der Waals surface area (Å²) >= 11 is 1.51. The van der Waals surface area contributed by atoms with Gasteiger partial charge in [0.15, 0.2) is 0 Å². The van der Waals surface area contributed by atoms with E-state index in [1.807, 2.05) is 6.07 Å². The van der Waals surface area contributed by atoms with Gasteiger partial charge in [-0.1, -0.05) is 30.3 Å². The number of nitrogens with zero attached hydrogens (tertiary/aromatic N) is 1. The van der Waals surface area contributed by atoms with Gasteiger partial charge in [-0.3, -0.25) is 9.69 Å². The van der Waals surface area contributed by atoms with E-state index in [-0.39, 0.29) is 0 Å². The van der Waals surface area contributed by atoms with Crippen LogP contribution in [0.4, 0.5) is 5.00 Å². The first kappa shape index (κ1) is 14.1. The topological polar surface area (TPSA) is 72.3 Å². The van der Waals surface area contributed by atoms with Crippen LogP contribution in [0.5, 0.6) is 0 Å². The molecule has 2 heterocycles. The zero-order chi connectivity index (χ0) is 14.8. The molecule has 21 heavy (non-hydrogen) atoms. The van der Waals surface area contributed by atoms with E-state index < -0.39 is 5.91 Å². The number of primary amides is 1. The molecule has 1 amide bonds. The van der Waals surface area contributed by atoms with Crippen molar-refractivity contribution in [2.75, 3.05) is 18.8 Å². The average Bonchev–Trinajstić information content (AvgIpc) is 2.81. The molecule has 0 saturated heterocycles. The van der Waals surface area contributed by atoms with Crippen molar-refractivity contribution >= 4 is 22.2 Å². The van der Waals surface area contributed by atoms with Crippen LogP contribution in [-0.4, -0.2) is 23.9 Å². The summed E-state index contributed by atoms with van der Waals surface area (Å²) in [7, 11) is 0. The van der Waals surface area contributed by atoms with Gasteiger partial charge in [0.1, 0.15) is 0 Å². The summed E-state index contributed by atoms with van der Waals surface area (Å²) < 4.78 is 0. The fourth-order valence-electron chi connectivity index (χ4n) is 2.87. The van der Waals surface area contributed by atoms with Gasteiger partial charge in [0, 0.05) is 24.5 Å². The fraction of sp³-hybridized carbons (Fsp3) is 0.312. The van der Waals surface area contributed by atoms with E-state index in [0.29, 0.717) is 10.6 Å². The van der Waals surface area contributed by atoms with Crippen LogP contribution in [0.1, 0.15) is 26.4 Å². The lowest BCUT2D eigenvalue weighted by Crippen LogP contribution is -2.32. The number of hydrogen-bond donors (Lipinski definition) is 2. The van der Waals surface area contributed by atoms with Crippen LogP contribution in [0.2, 0.25) is 0 Å². The molecule has 0 atom stereocenters. The maximum atomic E-state index is 11.5. The second-order valence-corrected chi connectivity index (χ2v) is 6.51. The molecular formula is C16H19N3OS. The molecule has 0 fully saturated rings. The first-order valence-electron chi connectivity index (χ1n) is 7.11. The van der Waals surface area contributed by atoms with E-state index in [1.54, 1.807) is 0 Å². The highest BCUT2D eigenvalue weighted by Crippen LogP contribution is 2.34. The third-order valence-electron chi connectivity index (χ3n) is 3.97. The van der Waals surface area contributed by atoms with Crippen LogP contribution in [-0.2, 0) is 19.4 Å². The number of fused-ring (bicyclic) bond motifs is 1. The van der Waals surface area contributed by atoms with E-state index in [1.165, 1.54) is 21.8 Å². The summed E-state index contributed by atoms with van der Waals surface area (Å²) in [5, 5.41) is 0.567. The van der Waals surface area contributed by atoms with Gasteiger partial charge in [-0.25, -0.2) is 0 Å². The predicted octanol–water partition coefficient (Wildman–Crippen LogP) is 2.03. The highest BCUT2D eigenvalue weighted by molar-refractivity contribution is 7.16. The Labute approximate surface area is 128 Å². The van der Waals surface area contributed by atoms with E-state index in [4.69, 9.17) is 11.5 Å². The van der Waals surface area contributed by atoms with Crippen molar-refractivity contribution in [3.05, 3.63) is 51.9 Å². The highest BCUT2D eigenvalue weighted by atomic mass is 32.1. The quantitative estimate of drug-likeness (QED) is 0.907. The van der Waals surface area contributed by atoms with Gasteiger partial charge in [0.2, 0.25) is 0 Å². The molecule has 4 N–H and O–H groups in total. The summed E-state index contributed by atoms with van der Waals surface area (Å²) in [4.78, 5) is 15.1. The summed E-state index contributed by atoms with van der Waals surface area (Å²) in [6, 6.07) is 10.5. The first-order valence-corrected chi connectivity index (χ1v) is 7.93. The lowest BCUT2D eigenvalue weighted by molar-refractivity contribution is 0.1000. The minimum atomic E-state index is -0.400. The van der Waals surface area contributed by atoms with Gasteiger partial charge in [-0.15, -0.1) is 11.3 Å². The molecule has 1 aliphatic rings. The van der Waals surface area contributed by atoms with Gasteiger partial charge >= 0.3 is 0 Å². The van der Waals surface area contributed by atoms with E-state index in [0.717, 1.165) is 38.0 Å². The normalized spacial score (nSPS) is 14.9. The lowest BCUT2D eigenvalue weighted by Gasteiger charge is -2.27. The molecule has 1 aromatic heterocycles. The number of carbonyl (C=O) groups is 1. The van der Waals surface area contributed by atoms with Crippen molar-refractivity contribution < 1.29 is 4.79 Å². The van der Waals surface area contributed by atoms with Crippen molar-refractivity contribution in [2.45, 2.75) is 19.4 Å². The van der Waals surface area contributed by atoms with Gasteiger partial charge in [-0.2, -0.15) is 0 Å². The molecule has 0 saturated carbocycles. The van der Waals surface area contributed by atoms with E-state index >= 15 is 0 Å². The number of amides is 1. The zero-order valence-corrected chi connectivity index (χ0v) is 12.7. The molecule has 2 aromatic rings. The summed E-state index contributed by atoms with van der Waals surface area (Å²) in [5.74, 6) is -0.400. The lowest BCUT2D eigenvalue weighted by atomic mass is 10.0. The number of rotatable bonds is 4. The Hall–Kier alpha value is -1.85. The molecule has 3 rings (SSSR count). The number of nitrogens with two attached hydrogens (primary N) is 2. The Balaban J connectivity index is 1.68.